The summed E-state index contributed by atoms with van der Waals surface area (Å²) in [5.41, 5.74) is 10.5. The fourth-order valence-corrected chi connectivity index (χ4v) is 5.69. The molecule has 1 heterocycles. The van der Waals surface area contributed by atoms with Crippen LogP contribution in [0.1, 0.15) is 67.5 Å². The van der Waals surface area contributed by atoms with Gasteiger partial charge in [0.15, 0.2) is 6.10 Å². The minimum atomic E-state index is -1.06. The van der Waals surface area contributed by atoms with Crippen molar-refractivity contribution in [2.24, 2.45) is 5.92 Å². The van der Waals surface area contributed by atoms with Crippen molar-refractivity contribution < 1.29 is 14.6 Å². The zero-order valence-corrected chi connectivity index (χ0v) is 22.3. The first-order chi connectivity index (χ1) is 17.0. The lowest BCUT2D eigenvalue weighted by molar-refractivity contribution is -0.160. The first kappa shape index (κ1) is 24.6. The van der Waals surface area contributed by atoms with Gasteiger partial charge in [-0.1, -0.05) is 54.1 Å². The molecule has 0 saturated heterocycles. The quantitative estimate of drug-likeness (QED) is 0.392. The average molecular weight is 484 g/mol. The van der Waals surface area contributed by atoms with Crippen molar-refractivity contribution in [2.75, 3.05) is 11.4 Å². The fourth-order valence-electron chi connectivity index (χ4n) is 5.69. The third kappa shape index (κ3) is 4.55. The van der Waals surface area contributed by atoms with Gasteiger partial charge in [0.2, 0.25) is 0 Å². The SMILES string of the molecule is Cc1ccc(-c2c(C)c3c(c(C)c2[C@H](OC(C)(C)C)C(=O)O)N(CC2CC2)Cc2ccccc2-3)cc1. The maximum absolute atomic E-state index is 12.8. The zero-order chi connectivity index (χ0) is 25.8. The molecular weight excluding hydrogens is 446 g/mol. The minimum absolute atomic E-state index is 0.607. The first-order valence-corrected chi connectivity index (χ1v) is 13.0. The number of aryl methyl sites for hydroxylation is 1. The van der Waals surface area contributed by atoms with Crippen LogP contribution in [0.4, 0.5) is 5.69 Å². The summed E-state index contributed by atoms with van der Waals surface area (Å²) in [4.78, 5) is 15.3. The number of rotatable bonds is 6. The van der Waals surface area contributed by atoms with E-state index in [9.17, 15) is 9.90 Å². The molecule has 1 fully saturated rings. The number of aliphatic carboxylic acids is 1. The van der Waals surface area contributed by atoms with Crippen molar-refractivity contribution in [3.8, 4) is 22.3 Å². The van der Waals surface area contributed by atoms with Crippen LogP contribution in [0, 0.1) is 26.7 Å². The molecule has 0 aromatic heterocycles. The van der Waals surface area contributed by atoms with Crippen LogP contribution < -0.4 is 4.90 Å². The number of anilines is 1. The predicted octanol–water partition coefficient (Wildman–Crippen LogP) is 7.62. The van der Waals surface area contributed by atoms with Crippen molar-refractivity contribution in [3.05, 3.63) is 76.3 Å². The number of fused-ring (bicyclic) bond motifs is 3. The maximum atomic E-state index is 12.8. The van der Waals surface area contributed by atoms with E-state index in [1.807, 2.05) is 20.8 Å². The van der Waals surface area contributed by atoms with Crippen molar-refractivity contribution in [1.82, 2.24) is 0 Å². The lowest BCUT2D eigenvalue weighted by Crippen LogP contribution is -2.32. The van der Waals surface area contributed by atoms with Crippen LogP contribution in [0.3, 0.4) is 0 Å². The van der Waals surface area contributed by atoms with E-state index in [1.165, 1.54) is 40.8 Å². The van der Waals surface area contributed by atoms with Gasteiger partial charge in [-0.15, -0.1) is 0 Å². The standard InChI is InChI=1S/C32H37NO3/c1-19-11-15-23(16-12-19)26-20(2)27-25-10-8-7-9-24(25)18-33(17-22-13-14-22)29(27)21(3)28(26)30(31(34)35)36-32(4,5)6/h7-12,15-16,22,30H,13-14,17-18H2,1-6H3,(H,34,35)/t30-/m0/s1. The normalized spacial score (nSPS) is 15.9. The van der Waals surface area contributed by atoms with E-state index < -0.39 is 17.7 Å². The molecule has 0 amide bonds. The van der Waals surface area contributed by atoms with Gasteiger partial charge in [0.25, 0.3) is 0 Å². The van der Waals surface area contributed by atoms with Gasteiger partial charge >= 0.3 is 5.97 Å². The molecule has 4 heteroatoms. The van der Waals surface area contributed by atoms with Crippen molar-refractivity contribution in [2.45, 2.75) is 72.6 Å². The summed E-state index contributed by atoms with van der Waals surface area (Å²) >= 11 is 0. The Bertz CT molecular complexity index is 1310. The number of carboxylic acids is 1. The third-order valence-electron chi connectivity index (χ3n) is 7.45. The molecule has 0 radical (unpaired) electrons. The highest BCUT2D eigenvalue weighted by Gasteiger charge is 2.37. The van der Waals surface area contributed by atoms with E-state index in [0.29, 0.717) is 5.92 Å². The van der Waals surface area contributed by atoms with Crippen LogP contribution in [0.25, 0.3) is 22.3 Å². The summed E-state index contributed by atoms with van der Waals surface area (Å²) in [5, 5.41) is 10.5. The minimum Gasteiger partial charge on any atom is -0.479 e. The van der Waals surface area contributed by atoms with Gasteiger partial charge in [0.05, 0.1) is 5.60 Å². The molecule has 0 spiro atoms. The van der Waals surface area contributed by atoms with Crippen LogP contribution in [-0.4, -0.2) is 23.2 Å². The lowest BCUT2D eigenvalue weighted by Gasteiger charge is -2.38. The fraction of sp³-hybridized carbons (Fsp3) is 0.406. The van der Waals surface area contributed by atoms with E-state index in [-0.39, 0.29) is 0 Å². The van der Waals surface area contributed by atoms with E-state index in [1.54, 1.807) is 0 Å². The molecule has 36 heavy (non-hydrogen) atoms. The molecular formula is C32H37NO3. The molecule has 188 valence electrons. The highest BCUT2D eigenvalue weighted by atomic mass is 16.5. The topological polar surface area (TPSA) is 49.8 Å². The molecule has 2 aliphatic rings. The molecule has 3 aromatic rings. The monoisotopic (exact) mass is 483 g/mol. The van der Waals surface area contributed by atoms with Crippen LogP contribution in [0.5, 0.6) is 0 Å². The summed E-state index contributed by atoms with van der Waals surface area (Å²) in [6.45, 7) is 13.9. The number of carbonyl (C=O) groups is 1. The first-order valence-electron chi connectivity index (χ1n) is 13.0. The van der Waals surface area contributed by atoms with Gasteiger partial charge in [-0.3, -0.25) is 0 Å². The second kappa shape index (κ2) is 9.08. The van der Waals surface area contributed by atoms with Gasteiger partial charge < -0.3 is 14.7 Å². The van der Waals surface area contributed by atoms with Gasteiger partial charge in [0.1, 0.15) is 0 Å². The highest BCUT2D eigenvalue weighted by molar-refractivity contribution is 5.96. The maximum Gasteiger partial charge on any atom is 0.337 e. The molecule has 1 N–H and O–H groups in total. The number of benzene rings is 3. The Hall–Kier alpha value is -3.11. The largest absolute Gasteiger partial charge is 0.479 e. The molecule has 4 nitrogen and oxygen atoms in total. The summed E-state index contributed by atoms with van der Waals surface area (Å²) in [5.74, 6) is -0.241. The number of nitrogens with zero attached hydrogens (tertiary/aromatic N) is 1. The molecule has 5 rings (SSSR count). The molecule has 0 unspecified atom stereocenters. The Labute approximate surface area is 214 Å². The van der Waals surface area contributed by atoms with E-state index >= 15 is 0 Å². The van der Waals surface area contributed by atoms with Crippen molar-refractivity contribution in [3.63, 3.8) is 0 Å². The van der Waals surface area contributed by atoms with Crippen LogP contribution >= 0.6 is 0 Å². The Morgan fingerprint density at radius 1 is 1.00 bits per heavy atom. The number of hydrogen-bond acceptors (Lipinski definition) is 3. The zero-order valence-electron chi connectivity index (χ0n) is 22.3. The lowest BCUT2D eigenvalue weighted by atomic mass is 9.79. The summed E-state index contributed by atoms with van der Waals surface area (Å²) in [6.07, 6.45) is 1.47. The highest BCUT2D eigenvalue weighted by Crippen LogP contribution is 2.51. The second-order valence-corrected chi connectivity index (χ2v) is 11.6. The molecule has 3 aromatic carbocycles. The Kier molecular flexibility index (Phi) is 6.20. The molecule has 1 atom stereocenters. The van der Waals surface area contributed by atoms with E-state index in [0.717, 1.165) is 40.9 Å². The number of hydrogen-bond donors (Lipinski definition) is 1. The Morgan fingerprint density at radius 2 is 1.67 bits per heavy atom. The Balaban J connectivity index is 1.85. The van der Waals surface area contributed by atoms with E-state index in [2.05, 4.69) is 74.2 Å². The second-order valence-electron chi connectivity index (χ2n) is 11.6. The van der Waals surface area contributed by atoms with Crippen LogP contribution in [0.2, 0.25) is 0 Å². The van der Waals surface area contributed by atoms with Gasteiger partial charge in [0, 0.05) is 29.9 Å². The van der Waals surface area contributed by atoms with Crippen molar-refractivity contribution >= 4 is 11.7 Å². The molecule has 0 bridgehead atoms. The number of carboxylic acid groups (broad SMARTS) is 1. The molecule has 1 aliphatic heterocycles. The average Bonchev–Trinajstić information content (AvgIpc) is 3.63. The van der Waals surface area contributed by atoms with Crippen molar-refractivity contribution in [1.29, 1.82) is 0 Å². The summed E-state index contributed by atoms with van der Waals surface area (Å²) in [6, 6.07) is 17.1. The molecule has 1 saturated carbocycles. The van der Waals surface area contributed by atoms with Gasteiger partial charge in [-0.25, -0.2) is 4.79 Å². The smallest absolute Gasteiger partial charge is 0.337 e. The van der Waals surface area contributed by atoms with Crippen LogP contribution in [0.15, 0.2) is 48.5 Å². The van der Waals surface area contributed by atoms with Crippen LogP contribution in [-0.2, 0) is 16.1 Å². The molecule has 1 aliphatic carbocycles. The van der Waals surface area contributed by atoms with E-state index in [4.69, 9.17) is 4.74 Å². The number of ether oxygens (including phenoxy) is 1. The Morgan fingerprint density at radius 3 is 2.28 bits per heavy atom. The summed E-state index contributed by atoms with van der Waals surface area (Å²) < 4.78 is 6.28. The van der Waals surface area contributed by atoms with Gasteiger partial charge in [-0.05, 0) is 93.7 Å². The van der Waals surface area contributed by atoms with Gasteiger partial charge in [-0.2, -0.15) is 0 Å². The predicted molar refractivity (Wildman–Crippen MR) is 147 cm³/mol. The summed E-state index contributed by atoms with van der Waals surface area (Å²) in [7, 11) is 0. The third-order valence-corrected chi connectivity index (χ3v) is 7.45.